The van der Waals surface area contributed by atoms with Gasteiger partial charge < -0.3 is 5.73 Å². The van der Waals surface area contributed by atoms with Crippen molar-refractivity contribution in [3.63, 3.8) is 0 Å². The van der Waals surface area contributed by atoms with E-state index in [1.807, 2.05) is 12.1 Å². The third-order valence-electron chi connectivity index (χ3n) is 4.11. The van der Waals surface area contributed by atoms with Crippen LogP contribution in [-0.4, -0.2) is 15.8 Å². The van der Waals surface area contributed by atoms with Crippen LogP contribution in [0.15, 0.2) is 65.7 Å². The number of rotatable bonds is 4. The van der Waals surface area contributed by atoms with E-state index in [1.54, 1.807) is 11.8 Å². The van der Waals surface area contributed by atoms with Gasteiger partial charge in [0.25, 0.3) is 0 Å². The monoisotopic (exact) mass is 358 g/mol. The number of thioether (sulfide) groups is 1. The number of fused-ring (bicyclic) bond motifs is 1. The molecule has 2 N–H and O–H groups in total. The Kier molecular flexibility index (Phi) is 5.92. The van der Waals surface area contributed by atoms with E-state index in [-0.39, 0.29) is 23.2 Å². The van der Waals surface area contributed by atoms with E-state index in [0.29, 0.717) is 0 Å². The maximum absolute atomic E-state index is 6.28. The second-order valence-electron chi connectivity index (χ2n) is 6.48. The molecule has 4 heteroatoms. The van der Waals surface area contributed by atoms with Crippen LogP contribution < -0.4 is 5.73 Å². The van der Waals surface area contributed by atoms with Crippen LogP contribution in [0.5, 0.6) is 0 Å². The molecule has 0 spiro atoms. The van der Waals surface area contributed by atoms with E-state index >= 15 is 0 Å². The van der Waals surface area contributed by atoms with E-state index in [1.165, 1.54) is 11.1 Å². The van der Waals surface area contributed by atoms with Gasteiger partial charge in [0, 0.05) is 21.7 Å². The second-order valence-corrected chi connectivity index (χ2v) is 7.81. The third kappa shape index (κ3) is 4.10. The molecule has 0 aliphatic carbocycles. The van der Waals surface area contributed by atoms with Crippen molar-refractivity contribution in [2.24, 2.45) is 5.73 Å². The zero-order chi connectivity index (χ0) is 16.4. The van der Waals surface area contributed by atoms with Crippen LogP contribution in [0.2, 0.25) is 0 Å². The fourth-order valence-electron chi connectivity index (χ4n) is 2.33. The van der Waals surface area contributed by atoms with Gasteiger partial charge in [0.1, 0.15) is 5.03 Å². The van der Waals surface area contributed by atoms with Crippen LogP contribution in [0.3, 0.4) is 0 Å². The van der Waals surface area contributed by atoms with Crippen LogP contribution >= 0.6 is 24.2 Å². The second kappa shape index (κ2) is 7.56. The lowest BCUT2D eigenvalue weighted by Gasteiger charge is -2.27. The molecule has 126 valence electrons. The molecular weight excluding hydrogens is 336 g/mol. The van der Waals surface area contributed by atoms with Crippen molar-refractivity contribution >= 4 is 35.1 Å². The number of benzene rings is 2. The summed E-state index contributed by atoms with van der Waals surface area (Å²) in [5.74, 6) is 0. The van der Waals surface area contributed by atoms with Gasteiger partial charge in [-0.15, -0.1) is 24.2 Å². The summed E-state index contributed by atoms with van der Waals surface area (Å²) in [7, 11) is 0. The van der Waals surface area contributed by atoms with E-state index in [9.17, 15) is 0 Å². The first-order valence-corrected chi connectivity index (χ1v) is 8.74. The predicted molar refractivity (Wildman–Crippen MR) is 108 cm³/mol. The van der Waals surface area contributed by atoms with E-state index in [0.717, 1.165) is 15.9 Å². The van der Waals surface area contributed by atoms with Crippen molar-refractivity contribution in [2.45, 2.75) is 36.6 Å². The smallest absolute Gasteiger partial charge is 0.105 e. The molecule has 1 unspecified atom stereocenters. The van der Waals surface area contributed by atoms with Crippen molar-refractivity contribution in [1.82, 2.24) is 4.98 Å². The number of para-hydroxylation sites is 1. The first kappa shape index (κ1) is 18.8. The van der Waals surface area contributed by atoms with Crippen LogP contribution in [0.25, 0.3) is 22.0 Å². The molecule has 0 fully saturated rings. The standard InChI is InChI=1S/C20H22N2S.ClH/c1-14(20(2,3)21)23-19-17(15-9-5-4-6-10-15)13-16-11-7-8-12-18(16)22-19;/h4-14H,21H2,1-3H3;1H. The minimum Gasteiger partial charge on any atom is -0.325 e. The summed E-state index contributed by atoms with van der Waals surface area (Å²) in [6.07, 6.45) is 0. The fraction of sp³-hybridized carbons (Fsp3) is 0.250. The van der Waals surface area contributed by atoms with E-state index < -0.39 is 0 Å². The summed E-state index contributed by atoms with van der Waals surface area (Å²) < 4.78 is 0. The Morgan fingerprint density at radius 3 is 2.29 bits per heavy atom. The molecule has 3 aromatic rings. The summed E-state index contributed by atoms with van der Waals surface area (Å²) >= 11 is 1.75. The Labute approximate surface area is 154 Å². The number of aromatic nitrogens is 1. The molecule has 3 rings (SSSR count). The van der Waals surface area contributed by atoms with Gasteiger partial charge in [0.15, 0.2) is 0 Å². The first-order chi connectivity index (χ1) is 10.9. The molecule has 0 aliphatic heterocycles. The highest BCUT2D eigenvalue weighted by molar-refractivity contribution is 8.00. The van der Waals surface area contributed by atoms with Crippen molar-refractivity contribution in [3.8, 4) is 11.1 Å². The van der Waals surface area contributed by atoms with Crippen molar-refractivity contribution in [1.29, 1.82) is 0 Å². The first-order valence-electron chi connectivity index (χ1n) is 7.86. The van der Waals surface area contributed by atoms with Gasteiger partial charge in [-0.25, -0.2) is 4.98 Å². The summed E-state index contributed by atoms with van der Waals surface area (Å²) in [4.78, 5) is 4.91. The molecule has 2 nitrogen and oxygen atoms in total. The average Bonchev–Trinajstić information content (AvgIpc) is 2.54. The van der Waals surface area contributed by atoms with E-state index in [4.69, 9.17) is 10.7 Å². The van der Waals surface area contributed by atoms with Gasteiger partial charge in [0.2, 0.25) is 0 Å². The Morgan fingerprint density at radius 2 is 1.62 bits per heavy atom. The molecule has 0 amide bonds. The van der Waals surface area contributed by atoms with Crippen LogP contribution in [0.4, 0.5) is 0 Å². The Bertz CT molecular complexity index is 813. The summed E-state index contributed by atoms with van der Waals surface area (Å²) in [5, 5.41) is 2.47. The Hall–Kier alpha value is -1.55. The van der Waals surface area contributed by atoms with E-state index in [2.05, 4.69) is 69.3 Å². The largest absolute Gasteiger partial charge is 0.325 e. The molecule has 24 heavy (non-hydrogen) atoms. The lowest BCUT2D eigenvalue weighted by atomic mass is 10.0. The quantitative estimate of drug-likeness (QED) is 0.622. The summed E-state index contributed by atoms with van der Waals surface area (Å²) in [5.41, 5.74) is 9.41. The molecule has 0 aliphatic rings. The Balaban J connectivity index is 0.00000208. The third-order valence-corrected chi connectivity index (χ3v) is 5.61. The van der Waals surface area contributed by atoms with Crippen molar-refractivity contribution < 1.29 is 0 Å². The molecule has 1 aromatic heterocycles. The molecule has 1 heterocycles. The minimum absolute atomic E-state index is 0. The molecular formula is C20H23ClN2S. The summed E-state index contributed by atoms with van der Waals surface area (Å²) in [6, 6.07) is 20.9. The maximum atomic E-state index is 6.28. The highest BCUT2D eigenvalue weighted by Gasteiger charge is 2.23. The van der Waals surface area contributed by atoms with Gasteiger partial charge in [-0.1, -0.05) is 55.5 Å². The number of hydrogen-bond donors (Lipinski definition) is 1. The van der Waals surface area contributed by atoms with Gasteiger partial charge in [-0.05, 0) is 31.5 Å². The van der Waals surface area contributed by atoms with Crippen molar-refractivity contribution in [2.75, 3.05) is 0 Å². The summed E-state index contributed by atoms with van der Waals surface area (Å²) in [6.45, 7) is 6.29. The Morgan fingerprint density at radius 1 is 1.00 bits per heavy atom. The minimum atomic E-state index is -0.258. The van der Waals surface area contributed by atoms with Crippen molar-refractivity contribution in [3.05, 3.63) is 60.7 Å². The van der Waals surface area contributed by atoms with Crippen LogP contribution in [0.1, 0.15) is 20.8 Å². The average molecular weight is 359 g/mol. The lowest BCUT2D eigenvalue weighted by molar-refractivity contribution is 0.514. The lowest BCUT2D eigenvalue weighted by Crippen LogP contribution is -2.41. The predicted octanol–water partition coefficient (Wildman–Crippen LogP) is 5.54. The fourth-order valence-corrected chi connectivity index (χ4v) is 3.43. The zero-order valence-corrected chi connectivity index (χ0v) is 15.8. The molecule has 0 saturated carbocycles. The number of nitrogens with zero attached hydrogens (tertiary/aromatic N) is 1. The number of nitrogens with two attached hydrogens (primary N) is 1. The molecule has 0 radical (unpaired) electrons. The van der Waals surface area contributed by atoms with Gasteiger partial charge >= 0.3 is 0 Å². The topological polar surface area (TPSA) is 38.9 Å². The normalized spacial score (nSPS) is 12.7. The highest BCUT2D eigenvalue weighted by Crippen LogP contribution is 2.36. The van der Waals surface area contributed by atoms with Gasteiger partial charge in [0.05, 0.1) is 5.52 Å². The van der Waals surface area contributed by atoms with Crippen LogP contribution in [0, 0.1) is 0 Å². The maximum Gasteiger partial charge on any atom is 0.105 e. The zero-order valence-electron chi connectivity index (χ0n) is 14.2. The number of halogens is 1. The molecule has 1 atom stereocenters. The number of pyridine rings is 1. The van der Waals surface area contributed by atoms with Crippen LogP contribution in [-0.2, 0) is 0 Å². The number of hydrogen-bond acceptors (Lipinski definition) is 3. The molecule has 0 saturated heterocycles. The SMILES string of the molecule is CC(Sc1nc2ccccc2cc1-c1ccccc1)C(C)(C)N.Cl. The molecule has 0 bridgehead atoms. The highest BCUT2D eigenvalue weighted by atomic mass is 35.5. The molecule has 2 aromatic carbocycles. The van der Waals surface area contributed by atoms with Gasteiger partial charge in [-0.3, -0.25) is 0 Å². The van der Waals surface area contributed by atoms with Gasteiger partial charge in [-0.2, -0.15) is 0 Å².